The predicted molar refractivity (Wildman–Crippen MR) is 163 cm³/mol. The minimum atomic E-state index is -0.304. The van der Waals surface area contributed by atoms with Gasteiger partial charge in [-0.3, -0.25) is 9.59 Å². The number of carbonyl (C=O) groups excluding carboxylic acids is 2. The standard InChI is InChI=1S/C36H57NO6/c38-22-42-27-12-9-24(10-13-27)23-5-7-26(8-6-23)36(39)43-28-20-40-34-15-11-25-3-1-2-4-29(25)31(34)19-32-30-17-18-37-33(30)14-16-35(32)41-21-28/h22-35,37H,1-21H2. The van der Waals surface area contributed by atoms with Gasteiger partial charge in [0.05, 0.1) is 31.3 Å². The molecule has 0 radical (unpaired) electrons. The molecule has 5 aliphatic carbocycles. The van der Waals surface area contributed by atoms with E-state index in [-0.39, 0.29) is 30.2 Å². The fourth-order valence-corrected chi connectivity index (χ4v) is 11.3. The Morgan fingerprint density at radius 3 is 2.02 bits per heavy atom. The summed E-state index contributed by atoms with van der Waals surface area (Å²) in [6, 6.07) is 0.654. The van der Waals surface area contributed by atoms with Crippen molar-refractivity contribution in [2.75, 3.05) is 19.8 Å². The van der Waals surface area contributed by atoms with Crippen LogP contribution in [-0.4, -0.2) is 62.7 Å². The van der Waals surface area contributed by atoms with Gasteiger partial charge in [0.2, 0.25) is 0 Å². The molecule has 1 N–H and O–H groups in total. The molecule has 9 unspecified atom stereocenters. The van der Waals surface area contributed by atoms with E-state index in [0.717, 1.165) is 76.2 Å². The molecule has 242 valence electrons. The van der Waals surface area contributed by atoms with Crippen LogP contribution in [0.1, 0.15) is 116 Å². The van der Waals surface area contributed by atoms with E-state index >= 15 is 0 Å². The van der Waals surface area contributed by atoms with Crippen LogP contribution in [0.15, 0.2) is 0 Å². The van der Waals surface area contributed by atoms with Crippen molar-refractivity contribution in [1.29, 1.82) is 0 Å². The number of carbonyl (C=O) groups is 2. The Kier molecular flexibility index (Phi) is 9.97. The van der Waals surface area contributed by atoms with Gasteiger partial charge in [-0.25, -0.2) is 0 Å². The number of esters is 1. The van der Waals surface area contributed by atoms with Gasteiger partial charge in [0.15, 0.2) is 0 Å². The van der Waals surface area contributed by atoms with Crippen LogP contribution in [0, 0.1) is 47.3 Å². The average Bonchev–Trinajstić information content (AvgIpc) is 3.53. The number of rotatable bonds is 5. The average molecular weight is 600 g/mol. The lowest BCUT2D eigenvalue weighted by Gasteiger charge is -2.50. The first-order chi connectivity index (χ1) is 21.2. The summed E-state index contributed by atoms with van der Waals surface area (Å²) in [5, 5.41) is 3.81. The smallest absolute Gasteiger partial charge is 0.309 e. The molecule has 5 saturated carbocycles. The summed E-state index contributed by atoms with van der Waals surface area (Å²) >= 11 is 0. The number of ether oxygens (including phenoxy) is 4. The molecular formula is C36H57NO6. The van der Waals surface area contributed by atoms with Crippen LogP contribution >= 0.6 is 0 Å². The summed E-state index contributed by atoms with van der Waals surface area (Å²) in [7, 11) is 0. The Labute approximate surface area is 259 Å². The van der Waals surface area contributed by atoms with Crippen LogP contribution < -0.4 is 5.32 Å². The number of hydrogen-bond acceptors (Lipinski definition) is 7. The normalized spacial score (nSPS) is 47.1. The van der Waals surface area contributed by atoms with Gasteiger partial charge in [0.25, 0.3) is 6.47 Å². The van der Waals surface area contributed by atoms with Gasteiger partial charge < -0.3 is 24.3 Å². The van der Waals surface area contributed by atoms with E-state index in [1.54, 1.807) is 0 Å². The summed E-state index contributed by atoms with van der Waals surface area (Å²) < 4.78 is 25.0. The van der Waals surface area contributed by atoms with Crippen LogP contribution in [0.25, 0.3) is 0 Å². The number of fused-ring (bicyclic) bond motifs is 6. The number of nitrogens with one attached hydrogen (secondary N) is 1. The molecule has 43 heavy (non-hydrogen) atoms. The molecule has 0 aromatic rings. The van der Waals surface area contributed by atoms with Crippen LogP contribution in [0.5, 0.6) is 0 Å². The summed E-state index contributed by atoms with van der Waals surface area (Å²) in [4.78, 5) is 24.2. The van der Waals surface area contributed by atoms with Crippen LogP contribution in [-0.2, 0) is 28.5 Å². The van der Waals surface area contributed by atoms with Gasteiger partial charge in [-0.1, -0.05) is 19.3 Å². The van der Waals surface area contributed by atoms with E-state index in [0.29, 0.717) is 61.4 Å². The monoisotopic (exact) mass is 599 g/mol. The van der Waals surface area contributed by atoms with Gasteiger partial charge in [0.1, 0.15) is 12.2 Å². The van der Waals surface area contributed by atoms with E-state index in [1.165, 1.54) is 57.8 Å². The maximum atomic E-state index is 13.5. The zero-order valence-electron chi connectivity index (χ0n) is 26.4. The van der Waals surface area contributed by atoms with Crippen molar-refractivity contribution in [2.45, 2.75) is 146 Å². The highest BCUT2D eigenvalue weighted by molar-refractivity contribution is 5.72. The second-order valence-corrected chi connectivity index (χ2v) is 15.6. The lowest BCUT2D eigenvalue weighted by Crippen LogP contribution is -2.50. The Balaban J connectivity index is 0.976. The van der Waals surface area contributed by atoms with E-state index < -0.39 is 0 Å². The van der Waals surface area contributed by atoms with Crippen molar-refractivity contribution >= 4 is 12.4 Å². The Bertz CT molecular complexity index is 929. The molecule has 7 rings (SSSR count). The molecule has 7 aliphatic rings. The molecular weight excluding hydrogens is 542 g/mol. The van der Waals surface area contributed by atoms with E-state index in [9.17, 15) is 9.59 Å². The molecule has 0 bridgehead atoms. The zero-order chi connectivity index (χ0) is 29.2. The predicted octanol–water partition coefficient (Wildman–Crippen LogP) is 6.22. The molecule has 7 nitrogen and oxygen atoms in total. The molecule has 9 atom stereocenters. The van der Waals surface area contributed by atoms with E-state index in [1.807, 2.05) is 0 Å². The van der Waals surface area contributed by atoms with Gasteiger partial charge >= 0.3 is 5.97 Å². The topological polar surface area (TPSA) is 83.1 Å². The largest absolute Gasteiger partial charge is 0.465 e. The minimum absolute atomic E-state index is 0.000400. The molecule has 2 heterocycles. The summed E-state index contributed by atoms with van der Waals surface area (Å²) in [5.41, 5.74) is 0. The summed E-state index contributed by atoms with van der Waals surface area (Å²) in [5.74, 6) is 4.97. The van der Waals surface area contributed by atoms with Crippen molar-refractivity contribution in [3.8, 4) is 0 Å². The first kappa shape index (κ1) is 30.5. The second-order valence-electron chi connectivity index (χ2n) is 15.6. The van der Waals surface area contributed by atoms with E-state index in [4.69, 9.17) is 18.9 Å². The molecule has 0 amide bonds. The zero-order valence-corrected chi connectivity index (χ0v) is 26.4. The van der Waals surface area contributed by atoms with Gasteiger partial charge in [0, 0.05) is 6.04 Å². The van der Waals surface area contributed by atoms with Gasteiger partial charge in [-0.05, 0) is 144 Å². The highest BCUT2D eigenvalue weighted by Crippen LogP contribution is 2.51. The number of hydrogen-bond donors (Lipinski definition) is 1. The molecule has 2 aliphatic heterocycles. The van der Waals surface area contributed by atoms with Crippen molar-refractivity contribution in [3.05, 3.63) is 0 Å². The first-order valence-corrected chi connectivity index (χ1v) is 18.4. The van der Waals surface area contributed by atoms with Crippen LogP contribution in [0.4, 0.5) is 0 Å². The fraction of sp³-hybridized carbons (Fsp3) is 0.944. The van der Waals surface area contributed by atoms with Crippen LogP contribution in [0.3, 0.4) is 0 Å². The molecule has 7 fully saturated rings. The highest BCUT2D eigenvalue weighted by atomic mass is 16.6. The first-order valence-electron chi connectivity index (χ1n) is 18.4. The maximum Gasteiger partial charge on any atom is 0.309 e. The quantitative estimate of drug-likeness (QED) is 0.297. The highest BCUT2D eigenvalue weighted by Gasteiger charge is 2.48. The summed E-state index contributed by atoms with van der Waals surface area (Å²) in [6.45, 7) is 2.71. The van der Waals surface area contributed by atoms with Crippen molar-refractivity contribution < 1.29 is 28.5 Å². The van der Waals surface area contributed by atoms with Crippen LogP contribution in [0.2, 0.25) is 0 Å². The SMILES string of the molecule is O=COC1CCC(C2CCC(C(=O)OC3COC4CCC5CCCCC5C4CC4C(CCC5NCCC54)OC3)CC2)CC1. The lowest BCUT2D eigenvalue weighted by molar-refractivity contribution is -0.178. The van der Waals surface area contributed by atoms with Gasteiger partial charge in [-0.2, -0.15) is 0 Å². The second kappa shape index (κ2) is 14.1. The van der Waals surface area contributed by atoms with Gasteiger partial charge in [-0.15, -0.1) is 0 Å². The molecule has 7 heteroatoms. The van der Waals surface area contributed by atoms with Crippen molar-refractivity contribution in [3.63, 3.8) is 0 Å². The fourth-order valence-electron chi connectivity index (χ4n) is 11.3. The van der Waals surface area contributed by atoms with Crippen molar-refractivity contribution in [2.24, 2.45) is 47.3 Å². The summed E-state index contributed by atoms with van der Waals surface area (Å²) in [6.07, 6.45) is 21.6. The lowest BCUT2D eigenvalue weighted by atomic mass is 9.60. The third kappa shape index (κ3) is 6.84. The molecule has 0 aromatic heterocycles. The third-order valence-electron chi connectivity index (χ3n) is 13.6. The third-order valence-corrected chi connectivity index (χ3v) is 13.6. The Morgan fingerprint density at radius 1 is 0.628 bits per heavy atom. The minimum Gasteiger partial charge on any atom is -0.465 e. The Morgan fingerprint density at radius 2 is 1.28 bits per heavy atom. The Hall–Kier alpha value is -1.18. The van der Waals surface area contributed by atoms with E-state index in [2.05, 4.69) is 5.32 Å². The molecule has 0 spiro atoms. The van der Waals surface area contributed by atoms with Crippen molar-refractivity contribution in [1.82, 2.24) is 5.32 Å². The maximum absolute atomic E-state index is 13.5. The molecule has 0 aromatic carbocycles. The molecule has 2 saturated heterocycles.